The Morgan fingerprint density at radius 3 is 2.86 bits per heavy atom. The third-order valence-corrected chi connectivity index (χ3v) is 4.34. The fraction of sp³-hybridized carbons (Fsp3) is 0.375. The Kier molecular flexibility index (Phi) is 3.52. The van der Waals surface area contributed by atoms with Crippen LogP contribution in [0.25, 0.3) is 6.08 Å². The molecule has 0 saturated carbocycles. The van der Waals surface area contributed by atoms with Crippen molar-refractivity contribution in [2.24, 2.45) is 0 Å². The minimum atomic E-state index is -2.68. The normalized spacial score (nSPS) is 24.1. The highest BCUT2D eigenvalue weighted by molar-refractivity contribution is 6.29. The van der Waals surface area contributed by atoms with Crippen LogP contribution in [0.4, 0.5) is 13.2 Å². The van der Waals surface area contributed by atoms with Crippen LogP contribution in [0, 0.1) is 0 Å². The van der Waals surface area contributed by atoms with E-state index in [4.69, 9.17) is 11.6 Å². The van der Waals surface area contributed by atoms with Gasteiger partial charge in [-0.15, -0.1) is 0 Å². The topological polar surface area (TPSA) is 4.93 Å². The van der Waals surface area contributed by atoms with Crippen molar-refractivity contribution < 1.29 is 13.2 Å². The van der Waals surface area contributed by atoms with Crippen LogP contribution in [0.2, 0.25) is 0 Å². The first-order valence-corrected chi connectivity index (χ1v) is 7.23. The maximum absolute atomic E-state index is 13.6. The molecule has 0 N–H and O–H groups in total. The van der Waals surface area contributed by atoms with Crippen LogP contribution in [0.15, 0.2) is 35.8 Å². The summed E-state index contributed by atoms with van der Waals surface area (Å²) in [5, 5.41) is 0.434. The van der Waals surface area contributed by atoms with E-state index in [2.05, 4.69) is 6.58 Å². The molecular formula is C16H15ClF3N. The van der Waals surface area contributed by atoms with Crippen LogP contribution < -0.4 is 0 Å². The zero-order valence-corrected chi connectivity index (χ0v) is 12.1. The van der Waals surface area contributed by atoms with Crippen molar-refractivity contribution in [3.8, 4) is 0 Å². The second-order valence-electron chi connectivity index (χ2n) is 5.57. The number of allylic oxidation sites excluding steroid dienone is 4. The third kappa shape index (κ3) is 2.69. The Bertz CT molecular complexity index is 655. The predicted octanol–water partition coefficient (Wildman–Crippen LogP) is 5.18. The Balaban J connectivity index is 2.04. The standard InChI is InChI=1S/C16H15ClF3N/c1-2-10-9-21(13-6-11(17)5-12(18)7-13)15-3-4-16(19,20)8-14(10)15/h2,5,7,9,13H,1,3-4,6,8H2. The highest BCUT2D eigenvalue weighted by atomic mass is 35.5. The van der Waals surface area contributed by atoms with Crippen LogP contribution in [-0.2, 0) is 12.8 Å². The summed E-state index contributed by atoms with van der Waals surface area (Å²) in [6, 6.07) is -0.267. The smallest absolute Gasteiger partial charge is 0.252 e. The lowest BCUT2D eigenvalue weighted by Gasteiger charge is -2.26. The quantitative estimate of drug-likeness (QED) is 0.709. The molecule has 0 radical (unpaired) electrons. The second kappa shape index (κ2) is 5.09. The summed E-state index contributed by atoms with van der Waals surface area (Å²) in [7, 11) is 0. The van der Waals surface area contributed by atoms with Gasteiger partial charge in [-0.1, -0.05) is 24.3 Å². The molecule has 0 fully saturated rings. The summed E-state index contributed by atoms with van der Waals surface area (Å²) in [4.78, 5) is 0. The van der Waals surface area contributed by atoms with E-state index >= 15 is 0 Å². The number of rotatable bonds is 2. The van der Waals surface area contributed by atoms with E-state index in [1.54, 1.807) is 12.3 Å². The van der Waals surface area contributed by atoms with Crippen molar-refractivity contribution in [3.05, 3.63) is 52.6 Å². The molecule has 1 unspecified atom stereocenters. The highest BCUT2D eigenvalue weighted by Crippen LogP contribution is 2.39. The zero-order chi connectivity index (χ0) is 15.2. The lowest BCUT2D eigenvalue weighted by molar-refractivity contribution is -0.0129. The van der Waals surface area contributed by atoms with Crippen LogP contribution in [0.3, 0.4) is 0 Å². The Morgan fingerprint density at radius 1 is 1.43 bits per heavy atom. The maximum Gasteiger partial charge on any atom is 0.252 e. The van der Waals surface area contributed by atoms with Crippen LogP contribution >= 0.6 is 11.6 Å². The molecular weight excluding hydrogens is 299 g/mol. The van der Waals surface area contributed by atoms with E-state index in [1.807, 2.05) is 4.57 Å². The Morgan fingerprint density at radius 2 is 2.19 bits per heavy atom. The van der Waals surface area contributed by atoms with Gasteiger partial charge in [0.15, 0.2) is 0 Å². The second-order valence-corrected chi connectivity index (χ2v) is 6.05. The minimum Gasteiger partial charge on any atom is -0.343 e. The number of hydrogen-bond acceptors (Lipinski definition) is 0. The molecule has 0 aliphatic heterocycles. The molecule has 1 aromatic heterocycles. The summed E-state index contributed by atoms with van der Waals surface area (Å²) in [5.74, 6) is -3.07. The van der Waals surface area contributed by atoms with Crippen LogP contribution in [0.5, 0.6) is 0 Å². The maximum atomic E-state index is 13.6. The Labute approximate surface area is 126 Å². The zero-order valence-electron chi connectivity index (χ0n) is 11.4. The summed E-state index contributed by atoms with van der Waals surface area (Å²) < 4.78 is 42.7. The molecule has 0 spiro atoms. The van der Waals surface area contributed by atoms with Gasteiger partial charge in [-0.25, -0.2) is 13.2 Å². The average Bonchev–Trinajstić information content (AvgIpc) is 2.74. The van der Waals surface area contributed by atoms with Gasteiger partial charge in [0, 0.05) is 36.2 Å². The van der Waals surface area contributed by atoms with Crippen LogP contribution in [0.1, 0.15) is 35.7 Å². The molecule has 1 aromatic rings. The van der Waals surface area contributed by atoms with Crippen LogP contribution in [-0.4, -0.2) is 10.5 Å². The molecule has 5 heteroatoms. The molecule has 112 valence electrons. The van der Waals surface area contributed by atoms with Gasteiger partial charge in [0.1, 0.15) is 5.83 Å². The van der Waals surface area contributed by atoms with Gasteiger partial charge >= 0.3 is 0 Å². The first-order chi connectivity index (χ1) is 9.89. The molecule has 0 saturated heterocycles. The predicted molar refractivity (Wildman–Crippen MR) is 78.3 cm³/mol. The lowest BCUT2D eigenvalue weighted by atomic mass is 9.91. The van der Waals surface area contributed by atoms with Gasteiger partial charge in [0.25, 0.3) is 5.92 Å². The number of halogens is 4. The number of aromatic nitrogens is 1. The molecule has 0 bridgehead atoms. The first kappa shape index (κ1) is 14.5. The molecule has 2 aliphatic carbocycles. The molecule has 2 aliphatic rings. The molecule has 1 atom stereocenters. The van der Waals surface area contributed by atoms with Gasteiger partial charge in [-0.05, 0) is 29.7 Å². The van der Waals surface area contributed by atoms with E-state index in [9.17, 15) is 13.2 Å². The van der Waals surface area contributed by atoms with Crippen molar-refractivity contribution in [2.45, 2.75) is 37.6 Å². The number of hydrogen-bond donors (Lipinski definition) is 0. The largest absolute Gasteiger partial charge is 0.343 e. The number of fused-ring (bicyclic) bond motifs is 1. The number of nitrogens with zero attached hydrogens (tertiary/aromatic N) is 1. The van der Waals surface area contributed by atoms with E-state index in [1.165, 1.54) is 12.2 Å². The summed E-state index contributed by atoms with van der Waals surface area (Å²) in [5.41, 5.74) is 2.17. The van der Waals surface area contributed by atoms with Crippen molar-refractivity contribution in [2.75, 3.05) is 0 Å². The van der Waals surface area contributed by atoms with Gasteiger partial charge in [-0.3, -0.25) is 0 Å². The van der Waals surface area contributed by atoms with Crippen molar-refractivity contribution >= 4 is 17.7 Å². The van der Waals surface area contributed by atoms with E-state index in [0.717, 1.165) is 5.69 Å². The SMILES string of the molecule is C=Cc1cn(C2C=C(F)C=C(Cl)C2)c2c1CC(F)(F)CC2. The average molecular weight is 314 g/mol. The molecule has 1 heterocycles. The molecule has 0 amide bonds. The summed E-state index contributed by atoms with van der Waals surface area (Å²) in [6.07, 6.45) is 6.43. The van der Waals surface area contributed by atoms with Gasteiger partial charge in [0.2, 0.25) is 0 Å². The lowest BCUT2D eigenvalue weighted by Crippen LogP contribution is -2.27. The van der Waals surface area contributed by atoms with Crippen molar-refractivity contribution in [1.29, 1.82) is 0 Å². The number of alkyl halides is 2. The fourth-order valence-electron chi connectivity index (χ4n) is 3.11. The van der Waals surface area contributed by atoms with Gasteiger partial charge in [0.05, 0.1) is 6.04 Å². The summed E-state index contributed by atoms with van der Waals surface area (Å²) >= 11 is 5.95. The fourth-order valence-corrected chi connectivity index (χ4v) is 3.37. The summed E-state index contributed by atoms with van der Waals surface area (Å²) in [6.45, 7) is 3.69. The molecule has 3 rings (SSSR count). The van der Waals surface area contributed by atoms with E-state index < -0.39 is 5.92 Å². The van der Waals surface area contributed by atoms with E-state index in [-0.39, 0.29) is 31.1 Å². The Hall–Kier alpha value is -1.42. The molecule has 21 heavy (non-hydrogen) atoms. The van der Waals surface area contributed by atoms with E-state index in [0.29, 0.717) is 22.6 Å². The first-order valence-electron chi connectivity index (χ1n) is 6.86. The highest BCUT2D eigenvalue weighted by Gasteiger charge is 2.37. The minimum absolute atomic E-state index is 0.177. The molecule has 1 nitrogen and oxygen atoms in total. The third-order valence-electron chi connectivity index (χ3n) is 4.08. The van der Waals surface area contributed by atoms with Crippen molar-refractivity contribution in [3.63, 3.8) is 0 Å². The van der Waals surface area contributed by atoms with Crippen molar-refractivity contribution in [1.82, 2.24) is 4.57 Å². The monoisotopic (exact) mass is 313 g/mol. The molecule has 0 aromatic carbocycles. The van der Waals surface area contributed by atoms with Gasteiger partial charge < -0.3 is 4.57 Å². The van der Waals surface area contributed by atoms with Gasteiger partial charge in [-0.2, -0.15) is 0 Å².